The number of thiophene rings is 1. The molecule has 0 radical (unpaired) electrons. The zero-order chi connectivity index (χ0) is 14.0. The van der Waals surface area contributed by atoms with Gasteiger partial charge in [0, 0.05) is 0 Å². The summed E-state index contributed by atoms with van der Waals surface area (Å²) >= 11 is 1.06. The van der Waals surface area contributed by atoms with Gasteiger partial charge in [0.15, 0.2) is 0 Å². The van der Waals surface area contributed by atoms with Gasteiger partial charge in [0.05, 0.1) is 18.8 Å². The monoisotopic (exact) mass is 302 g/mol. The Labute approximate surface area is 115 Å². The van der Waals surface area contributed by atoms with E-state index in [0.717, 1.165) is 11.3 Å². The second kappa shape index (κ2) is 5.41. The standard InChI is InChI=1S/C11H14N2O4S2/c1-7-4-12-11(17-7)8(2)13-19(15,16)10-3-9(5-14)6-18-10/h3-4,6,8,13-14H,5H2,1-2H3. The molecule has 1 unspecified atom stereocenters. The molecule has 0 aliphatic heterocycles. The summed E-state index contributed by atoms with van der Waals surface area (Å²) in [5, 5.41) is 10.6. The highest BCUT2D eigenvalue weighted by molar-refractivity contribution is 7.91. The normalized spacial score (nSPS) is 13.6. The van der Waals surface area contributed by atoms with Crippen molar-refractivity contribution >= 4 is 21.4 Å². The summed E-state index contributed by atoms with van der Waals surface area (Å²) in [7, 11) is -3.63. The summed E-state index contributed by atoms with van der Waals surface area (Å²) in [6, 6.07) is 0.888. The Bertz CT molecular complexity index is 660. The van der Waals surface area contributed by atoms with Crippen molar-refractivity contribution in [1.29, 1.82) is 0 Å². The van der Waals surface area contributed by atoms with Gasteiger partial charge in [-0.05, 0) is 30.9 Å². The highest BCUT2D eigenvalue weighted by Gasteiger charge is 2.22. The summed E-state index contributed by atoms with van der Waals surface area (Å²) in [6.45, 7) is 3.22. The van der Waals surface area contributed by atoms with E-state index in [1.807, 2.05) is 0 Å². The number of sulfonamides is 1. The molecule has 0 aliphatic rings. The van der Waals surface area contributed by atoms with Crippen molar-refractivity contribution in [1.82, 2.24) is 9.71 Å². The lowest BCUT2D eigenvalue weighted by atomic mass is 10.4. The fourth-order valence-electron chi connectivity index (χ4n) is 1.49. The average molecular weight is 302 g/mol. The minimum absolute atomic E-state index is 0.159. The van der Waals surface area contributed by atoms with Crippen LogP contribution in [0.5, 0.6) is 0 Å². The molecule has 19 heavy (non-hydrogen) atoms. The lowest BCUT2D eigenvalue weighted by molar-refractivity contribution is 0.282. The average Bonchev–Trinajstić information content (AvgIpc) is 2.96. The van der Waals surface area contributed by atoms with E-state index in [1.165, 1.54) is 12.3 Å². The van der Waals surface area contributed by atoms with Crippen LogP contribution in [-0.4, -0.2) is 18.5 Å². The molecule has 2 aromatic heterocycles. The van der Waals surface area contributed by atoms with E-state index in [9.17, 15) is 8.42 Å². The van der Waals surface area contributed by atoms with Crippen LogP contribution in [0, 0.1) is 6.92 Å². The molecule has 0 spiro atoms. The number of hydrogen-bond acceptors (Lipinski definition) is 6. The van der Waals surface area contributed by atoms with Crippen molar-refractivity contribution in [3.8, 4) is 0 Å². The molecular formula is C11H14N2O4S2. The molecule has 2 N–H and O–H groups in total. The van der Waals surface area contributed by atoms with Crippen LogP contribution in [0.15, 0.2) is 26.3 Å². The molecule has 8 heteroatoms. The molecular weight excluding hydrogens is 288 g/mol. The number of aryl methyl sites for hydroxylation is 1. The quantitative estimate of drug-likeness (QED) is 0.874. The highest BCUT2D eigenvalue weighted by Crippen LogP contribution is 2.22. The lowest BCUT2D eigenvalue weighted by Gasteiger charge is -2.09. The maximum atomic E-state index is 12.1. The van der Waals surface area contributed by atoms with Crippen molar-refractivity contribution in [2.75, 3.05) is 0 Å². The third-order valence-corrected chi connectivity index (χ3v) is 5.45. The third kappa shape index (κ3) is 3.21. The van der Waals surface area contributed by atoms with Crippen LogP contribution >= 0.6 is 11.3 Å². The number of rotatable bonds is 5. The van der Waals surface area contributed by atoms with Gasteiger partial charge in [0.1, 0.15) is 9.97 Å². The molecule has 0 bridgehead atoms. The van der Waals surface area contributed by atoms with Crippen molar-refractivity contribution in [2.24, 2.45) is 0 Å². The minimum atomic E-state index is -3.63. The first-order chi connectivity index (χ1) is 8.92. The molecule has 0 aromatic carbocycles. The summed E-state index contributed by atoms with van der Waals surface area (Å²) in [4.78, 5) is 3.98. The molecule has 2 aromatic rings. The summed E-state index contributed by atoms with van der Waals surface area (Å²) < 4.78 is 32.1. The molecule has 0 amide bonds. The first-order valence-corrected chi connectivity index (χ1v) is 7.91. The number of nitrogens with zero attached hydrogens (tertiary/aromatic N) is 1. The van der Waals surface area contributed by atoms with Crippen LogP contribution in [0.25, 0.3) is 0 Å². The predicted molar refractivity (Wildman–Crippen MR) is 70.2 cm³/mol. The van der Waals surface area contributed by atoms with Gasteiger partial charge < -0.3 is 9.52 Å². The molecule has 0 saturated carbocycles. The number of hydrogen-bond donors (Lipinski definition) is 2. The number of oxazole rings is 1. The molecule has 2 heterocycles. The molecule has 0 fully saturated rings. The van der Waals surface area contributed by atoms with Gasteiger partial charge >= 0.3 is 0 Å². The topological polar surface area (TPSA) is 92.4 Å². The second-order valence-corrected chi connectivity index (χ2v) is 6.94. The zero-order valence-electron chi connectivity index (χ0n) is 10.5. The summed E-state index contributed by atoms with van der Waals surface area (Å²) in [6.07, 6.45) is 1.54. The predicted octanol–water partition coefficient (Wildman–Crippen LogP) is 1.58. The van der Waals surface area contributed by atoms with Crippen molar-refractivity contribution in [3.63, 3.8) is 0 Å². The van der Waals surface area contributed by atoms with Crippen molar-refractivity contribution < 1.29 is 17.9 Å². The van der Waals surface area contributed by atoms with Crippen molar-refractivity contribution in [2.45, 2.75) is 30.7 Å². The van der Waals surface area contributed by atoms with Crippen molar-refractivity contribution in [3.05, 3.63) is 34.9 Å². The largest absolute Gasteiger partial charge is 0.444 e. The van der Waals surface area contributed by atoms with Crippen LogP contribution < -0.4 is 4.72 Å². The smallest absolute Gasteiger partial charge is 0.250 e. The molecule has 104 valence electrons. The van der Waals surface area contributed by atoms with Crippen LogP contribution in [0.4, 0.5) is 0 Å². The van der Waals surface area contributed by atoms with E-state index >= 15 is 0 Å². The molecule has 0 aliphatic carbocycles. The van der Waals surface area contributed by atoms with E-state index in [0.29, 0.717) is 17.2 Å². The highest BCUT2D eigenvalue weighted by atomic mass is 32.2. The van der Waals surface area contributed by atoms with E-state index in [4.69, 9.17) is 9.52 Å². The van der Waals surface area contributed by atoms with E-state index in [-0.39, 0.29) is 10.8 Å². The van der Waals surface area contributed by atoms with Crippen LogP contribution in [-0.2, 0) is 16.6 Å². The summed E-state index contributed by atoms with van der Waals surface area (Å²) in [5.74, 6) is 0.944. The Morgan fingerprint density at radius 1 is 1.58 bits per heavy atom. The van der Waals surface area contributed by atoms with Gasteiger partial charge in [-0.25, -0.2) is 13.4 Å². The first-order valence-electron chi connectivity index (χ1n) is 5.55. The maximum absolute atomic E-state index is 12.1. The van der Waals surface area contributed by atoms with Gasteiger partial charge in [-0.2, -0.15) is 4.72 Å². The SMILES string of the molecule is Cc1cnc(C(C)NS(=O)(=O)c2cc(CO)cs2)o1. The van der Waals surface area contributed by atoms with Gasteiger partial charge in [0.25, 0.3) is 10.0 Å². The Hall–Kier alpha value is -1.22. The lowest BCUT2D eigenvalue weighted by Crippen LogP contribution is -2.26. The molecule has 2 rings (SSSR count). The Morgan fingerprint density at radius 2 is 2.32 bits per heavy atom. The molecule has 6 nitrogen and oxygen atoms in total. The number of aromatic nitrogens is 1. The minimum Gasteiger partial charge on any atom is -0.444 e. The zero-order valence-corrected chi connectivity index (χ0v) is 12.1. The number of nitrogens with one attached hydrogen (secondary N) is 1. The third-order valence-electron chi connectivity index (χ3n) is 2.42. The van der Waals surface area contributed by atoms with Crippen LogP contribution in [0.2, 0.25) is 0 Å². The maximum Gasteiger partial charge on any atom is 0.250 e. The Morgan fingerprint density at radius 3 is 2.84 bits per heavy atom. The first kappa shape index (κ1) is 14.2. The van der Waals surface area contributed by atoms with Gasteiger partial charge in [-0.1, -0.05) is 0 Å². The van der Waals surface area contributed by atoms with Gasteiger partial charge in [-0.3, -0.25) is 0 Å². The number of aliphatic hydroxyl groups is 1. The van der Waals surface area contributed by atoms with E-state index in [2.05, 4.69) is 9.71 Å². The van der Waals surface area contributed by atoms with E-state index < -0.39 is 16.1 Å². The number of aliphatic hydroxyl groups excluding tert-OH is 1. The fourth-order valence-corrected chi connectivity index (χ4v) is 3.90. The summed E-state index contributed by atoms with van der Waals surface area (Å²) in [5.41, 5.74) is 0.574. The molecule has 1 atom stereocenters. The second-order valence-electron chi connectivity index (χ2n) is 4.08. The Kier molecular flexibility index (Phi) is 4.04. The van der Waals surface area contributed by atoms with Crippen LogP contribution in [0.1, 0.15) is 30.2 Å². The van der Waals surface area contributed by atoms with Gasteiger partial charge in [0.2, 0.25) is 5.89 Å². The van der Waals surface area contributed by atoms with Crippen LogP contribution in [0.3, 0.4) is 0 Å². The van der Waals surface area contributed by atoms with Gasteiger partial charge in [-0.15, -0.1) is 11.3 Å². The Balaban J connectivity index is 2.17. The molecule has 0 saturated heterocycles. The fraction of sp³-hybridized carbons (Fsp3) is 0.364. The van der Waals surface area contributed by atoms with E-state index in [1.54, 1.807) is 19.2 Å².